The minimum Gasteiger partial charge on any atom is -0.0590 e. The molecule has 0 atom stereocenters. The normalized spacial score (nSPS) is 10.6. The van der Waals surface area contributed by atoms with E-state index in [1.54, 1.807) is 0 Å². The van der Waals surface area contributed by atoms with Crippen molar-refractivity contribution >= 4 is 0 Å². The Labute approximate surface area is 70.7 Å². The molecule has 0 aliphatic heterocycles. The molecule has 0 heterocycles. The van der Waals surface area contributed by atoms with Gasteiger partial charge in [-0.2, -0.15) is 0 Å². The highest BCUT2D eigenvalue weighted by molar-refractivity contribution is 5.32. The third kappa shape index (κ3) is 1.83. The Balaban J connectivity index is 0.00000121. The van der Waals surface area contributed by atoms with Crippen LogP contribution < -0.4 is 0 Å². The van der Waals surface area contributed by atoms with Crippen LogP contribution in [0.4, 0.5) is 0 Å². The Morgan fingerprint density at radius 1 is 1.18 bits per heavy atom. The molecular formula is C11H17+. The van der Waals surface area contributed by atoms with E-state index in [2.05, 4.69) is 45.9 Å². The van der Waals surface area contributed by atoms with Gasteiger partial charge < -0.3 is 0 Å². The van der Waals surface area contributed by atoms with Crippen LogP contribution in [-0.2, 0) is 0 Å². The highest BCUT2D eigenvalue weighted by Gasteiger charge is 2.01. The van der Waals surface area contributed by atoms with Gasteiger partial charge in [-0.25, -0.2) is 0 Å². The molecule has 0 saturated heterocycles. The van der Waals surface area contributed by atoms with Crippen LogP contribution in [0.2, 0.25) is 0 Å². The number of benzene rings is 1. The Kier molecular flexibility index (Phi) is 2.33. The molecule has 0 aliphatic carbocycles. The molecule has 0 aromatic heterocycles. The van der Waals surface area contributed by atoms with Crippen LogP contribution in [-0.4, -0.2) is 0 Å². The van der Waals surface area contributed by atoms with Crippen molar-refractivity contribution in [3.05, 3.63) is 34.9 Å². The van der Waals surface area contributed by atoms with Gasteiger partial charge >= 0.3 is 1.43 Å². The molecule has 0 unspecified atom stereocenters. The average molecular weight is 149 g/mol. The number of hydrogen-bond acceptors (Lipinski definition) is 0. The lowest BCUT2D eigenvalue weighted by Crippen LogP contribution is -1.91. The highest BCUT2D eigenvalue weighted by atomic mass is 14.1. The Hall–Kier alpha value is -0.780. The zero-order valence-electron chi connectivity index (χ0n) is 8.81. The maximum absolute atomic E-state index is 2.28. The first kappa shape index (κ1) is 8.32. The van der Waals surface area contributed by atoms with Gasteiger partial charge in [0.05, 0.1) is 0 Å². The third-order valence-electron chi connectivity index (χ3n) is 2.06. The van der Waals surface area contributed by atoms with E-state index in [-0.39, 0.29) is 1.43 Å². The van der Waals surface area contributed by atoms with Crippen molar-refractivity contribution in [2.45, 2.75) is 33.6 Å². The van der Waals surface area contributed by atoms with E-state index in [9.17, 15) is 0 Å². The third-order valence-corrected chi connectivity index (χ3v) is 2.06. The van der Waals surface area contributed by atoms with E-state index >= 15 is 0 Å². The fraction of sp³-hybridized carbons (Fsp3) is 0.455. The van der Waals surface area contributed by atoms with E-state index in [1.165, 1.54) is 16.7 Å². The van der Waals surface area contributed by atoms with Gasteiger partial charge in [0.25, 0.3) is 0 Å². The quantitative estimate of drug-likeness (QED) is 0.573. The predicted octanol–water partition coefficient (Wildman–Crippen LogP) is 3.54. The summed E-state index contributed by atoms with van der Waals surface area (Å²) in [6, 6.07) is 6.64. The van der Waals surface area contributed by atoms with Crippen LogP contribution in [0.5, 0.6) is 0 Å². The molecule has 0 aliphatic rings. The fourth-order valence-corrected chi connectivity index (χ4v) is 1.38. The van der Waals surface area contributed by atoms with Gasteiger partial charge in [-0.15, -0.1) is 0 Å². The van der Waals surface area contributed by atoms with Gasteiger partial charge in [0.15, 0.2) is 0 Å². The zero-order chi connectivity index (χ0) is 8.43. The van der Waals surface area contributed by atoms with E-state index in [4.69, 9.17) is 0 Å². The molecule has 1 rings (SSSR count). The second-order valence-electron chi connectivity index (χ2n) is 3.51. The summed E-state index contributed by atoms with van der Waals surface area (Å²) in [5.41, 5.74) is 4.25. The van der Waals surface area contributed by atoms with Crippen molar-refractivity contribution < 1.29 is 1.43 Å². The summed E-state index contributed by atoms with van der Waals surface area (Å²) in [5, 5.41) is 0. The summed E-state index contributed by atoms with van der Waals surface area (Å²) < 4.78 is 0. The van der Waals surface area contributed by atoms with Gasteiger partial charge in [0.1, 0.15) is 0 Å². The van der Waals surface area contributed by atoms with Gasteiger partial charge in [-0.05, 0) is 30.9 Å². The minimum absolute atomic E-state index is 0. The largest absolute Gasteiger partial charge is 1.00 e. The second-order valence-corrected chi connectivity index (χ2v) is 3.51. The lowest BCUT2D eigenvalue weighted by molar-refractivity contribution is 0.854. The highest BCUT2D eigenvalue weighted by Crippen LogP contribution is 2.19. The van der Waals surface area contributed by atoms with Crippen LogP contribution in [0, 0.1) is 13.8 Å². The zero-order valence-corrected chi connectivity index (χ0v) is 7.81. The Morgan fingerprint density at radius 3 is 2.27 bits per heavy atom. The summed E-state index contributed by atoms with van der Waals surface area (Å²) in [6.45, 7) is 8.80. The summed E-state index contributed by atoms with van der Waals surface area (Å²) >= 11 is 0. The molecule has 0 nitrogen and oxygen atoms in total. The van der Waals surface area contributed by atoms with Crippen molar-refractivity contribution in [2.75, 3.05) is 0 Å². The molecule has 1 aromatic rings. The smallest absolute Gasteiger partial charge is 0.0590 e. The van der Waals surface area contributed by atoms with E-state index < -0.39 is 0 Å². The van der Waals surface area contributed by atoms with Crippen molar-refractivity contribution in [3.63, 3.8) is 0 Å². The molecule has 0 N–H and O–H groups in total. The molecule has 0 heteroatoms. The monoisotopic (exact) mass is 149 g/mol. The average Bonchev–Trinajstić information content (AvgIpc) is 1.94. The first-order valence-corrected chi connectivity index (χ1v) is 4.18. The second kappa shape index (κ2) is 3.08. The van der Waals surface area contributed by atoms with Gasteiger partial charge in [-0.1, -0.05) is 37.6 Å². The van der Waals surface area contributed by atoms with Crippen LogP contribution >= 0.6 is 0 Å². The number of hydrogen-bond donors (Lipinski definition) is 0. The van der Waals surface area contributed by atoms with E-state index in [1.807, 2.05) is 0 Å². The molecule has 0 radical (unpaired) electrons. The Bertz CT molecular complexity index is 251. The maximum Gasteiger partial charge on any atom is 1.00 e. The molecule has 0 amide bonds. The predicted molar refractivity (Wildman–Crippen MR) is 51.1 cm³/mol. The van der Waals surface area contributed by atoms with Gasteiger partial charge in [0.2, 0.25) is 0 Å². The van der Waals surface area contributed by atoms with Crippen molar-refractivity contribution in [2.24, 2.45) is 0 Å². The molecular weight excluding hydrogens is 132 g/mol. The first-order chi connectivity index (χ1) is 5.11. The summed E-state index contributed by atoms with van der Waals surface area (Å²) in [6.07, 6.45) is 0. The standard InChI is InChI=1S/C11H16/c1-8(2)11-7-9(3)5-6-10(11)4/h5-8H,1-4H3/p+1. The minimum atomic E-state index is 0. The van der Waals surface area contributed by atoms with Crippen molar-refractivity contribution in [3.8, 4) is 0 Å². The topological polar surface area (TPSA) is 0 Å². The van der Waals surface area contributed by atoms with Crippen molar-refractivity contribution in [1.29, 1.82) is 0 Å². The SMILES string of the molecule is Cc1ccc(C)c(C(C)C)c1.[H+]. The molecule has 0 fully saturated rings. The lowest BCUT2D eigenvalue weighted by atomic mass is 9.96. The van der Waals surface area contributed by atoms with Gasteiger partial charge in [0, 0.05) is 0 Å². The molecule has 0 saturated carbocycles. The molecule has 11 heavy (non-hydrogen) atoms. The van der Waals surface area contributed by atoms with Crippen LogP contribution in [0.25, 0.3) is 0 Å². The first-order valence-electron chi connectivity index (χ1n) is 4.18. The van der Waals surface area contributed by atoms with Crippen LogP contribution in [0.3, 0.4) is 0 Å². The van der Waals surface area contributed by atoms with E-state index in [0.29, 0.717) is 5.92 Å². The molecule has 1 aromatic carbocycles. The molecule has 0 bridgehead atoms. The Morgan fingerprint density at radius 2 is 1.82 bits per heavy atom. The molecule has 60 valence electrons. The van der Waals surface area contributed by atoms with Crippen molar-refractivity contribution in [1.82, 2.24) is 0 Å². The number of aryl methyl sites for hydroxylation is 2. The number of rotatable bonds is 1. The maximum atomic E-state index is 2.28. The lowest BCUT2D eigenvalue weighted by Gasteiger charge is -2.09. The van der Waals surface area contributed by atoms with Crippen LogP contribution in [0.1, 0.15) is 37.9 Å². The summed E-state index contributed by atoms with van der Waals surface area (Å²) in [7, 11) is 0. The van der Waals surface area contributed by atoms with E-state index in [0.717, 1.165) is 0 Å². The summed E-state index contributed by atoms with van der Waals surface area (Å²) in [4.78, 5) is 0. The molecule has 0 spiro atoms. The summed E-state index contributed by atoms with van der Waals surface area (Å²) in [5.74, 6) is 0.648. The van der Waals surface area contributed by atoms with Gasteiger partial charge in [-0.3, -0.25) is 0 Å². The van der Waals surface area contributed by atoms with Crippen LogP contribution in [0.15, 0.2) is 18.2 Å². The fourth-order valence-electron chi connectivity index (χ4n) is 1.38.